The molecule has 0 aromatic carbocycles. The molecule has 4 N–H and O–H groups in total. The molecule has 19 heavy (non-hydrogen) atoms. The number of carboxylic acid groups (broad SMARTS) is 1. The van der Waals surface area contributed by atoms with Gasteiger partial charge in [0.05, 0.1) is 6.61 Å². The molecular weight excluding hydrogens is 254 g/mol. The Morgan fingerprint density at radius 3 is 2.21 bits per heavy atom. The van der Waals surface area contributed by atoms with E-state index in [1.807, 2.05) is 13.8 Å². The fourth-order valence-electron chi connectivity index (χ4n) is 1.41. The predicted molar refractivity (Wildman–Crippen MR) is 67.6 cm³/mol. The van der Waals surface area contributed by atoms with Crippen molar-refractivity contribution < 1.29 is 24.6 Å². The Morgan fingerprint density at radius 1 is 1.21 bits per heavy atom. The van der Waals surface area contributed by atoms with Crippen molar-refractivity contribution in [1.82, 2.24) is 15.5 Å². The first-order valence-corrected chi connectivity index (χ1v) is 6.12. The van der Waals surface area contributed by atoms with E-state index < -0.39 is 24.6 Å². The average Bonchev–Trinajstić information content (AvgIpc) is 2.37. The van der Waals surface area contributed by atoms with Crippen LogP contribution in [0.4, 0.5) is 4.79 Å². The van der Waals surface area contributed by atoms with Crippen LogP contribution in [0.25, 0.3) is 0 Å². The summed E-state index contributed by atoms with van der Waals surface area (Å²) >= 11 is 0. The number of carboxylic acids is 1. The van der Waals surface area contributed by atoms with Gasteiger partial charge in [-0.15, -0.1) is 0 Å². The standard InChI is InChI=1S/C11H21N3O5/c1-3-14(4-2)9(16)5-6-12-11(19)13-8(7-15)10(17)18/h8,15H,3-7H2,1-2H3,(H,17,18)(H2,12,13,19)/t8-/m0/s1. The maximum Gasteiger partial charge on any atom is 0.328 e. The van der Waals surface area contributed by atoms with E-state index in [0.29, 0.717) is 13.1 Å². The van der Waals surface area contributed by atoms with Crippen LogP contribution in [-0.2, 0) is 9.59 Å². The Balaban J connectivity index is 3.98. The molecule has 8 heteroatoms. The largest absolute Gasteiger partial charge is 0.480 e. The van der Waals surface area contributed by atoms with Crippen LogP contribution in [0.1, 0.15) is 20.3 Å². The van der Waals surface area contributed by atoms with E-state index in [1.165, 1.54) is 0 Å². The topological polar surface area (TPSA) is 119 Å². The van der Waals surface area contributed by atoms with Gasteiger partial charge in [-0.1, -0.05) is 0 Å². The SMILES string of the molecule is CCN(CC)C(=O)CCNC(=O)N[C@@H](CO)C(=O)O. The summed E-state index contributed by atoms with van der Waals surface area (Å²) < 4.78 is 0. The van der Waals surface area contributed by atoms with Gasteiger partial charge in [-0.2, -0.15) is 0 Å². The summed E-state index contributed by atoms with van der Waals surface area (Å²) in [6, 6.07) is -2.08. The molecule has 3 amide bonds. The maximum atomic E-state index is 11.6. The summed E-state index contributed by atoms with van der Waals surface area (Å²) in [5.41, 5.74) is 0. The number of rotatable bonds is 8. The minimum absolute atomic E-state index is 0.0813. The normalized spacial score (nSPS) is 11.5. The number of hydrogen-bond donors (Lipinski definition) is 4. The molecule has 0 aliphatic rings. The van der Waals surface area contributed by atoms with Crippen LogP contribution in [0.2, 0.25) is 0 Å². The molecule has 0 fully saturated rings. The minimum atomic E-state index is -1.35. The van der Waals surface area contributed by atoms with E-state index >= 15 is 0 Å². The number of nitrogens with zero attached hydrogens (tertiary/aromatic N) is 1. The van der Waals surface area contributed by atoms with Gasteiger partial charge < -0.3 is 25.7 Å². The molecule has 0 radical (unpaired) electrons. The highest BCUT2D eigenvalue weighted by atomic mass is 16.4. The average molecular weight is 275 g/mol. The molecule has 1 atom stereocenters. The van der Waals surface area contributed by atoms with E-state index in [2.05, 4.69) is 10.6 Å². The Labute approximate surface area is 111 Å². The summed E-state index contributed by atoms with van der Waals surface area (Å²) in [7, 11) is 0. The summed E-state index contributed by atoms with van der Waals surface area (Å²) in [6.07, 6.45) is 0.145. The Morgan fingerprint density at radius 2 is 1.79 bits per heavy atom. The van der Waals surface area contributed by atoms with Gasteiger partial charge >= 0.3 is 12.0 Å². The number of nitrogens with one attached hydrogen (secondary N) is 2. The molecule has 0 rings (SSSR count). The third kappa shape index (κ3) is 6.61. The van der Waals surface area contributed by atoms with Crippen molar-refractivity contribution in [3.8, 4) is 0 Å². The van der Waals surface area contributed by atoms with Gasteiger partial charge in [0.2, 0.25) is 5.91 Å². The van der Waals surface area contributed by atoms with Crippen molar-refractivity contribution in [2.75, 3.05) is 26.2 Å². The Hall–Kier alpha value is -1.83. The molecular formula is C11H21N3O5. The third-order valence-electron chi connectivity index (χ3n) is 2.53. The van der Waals surface area contributed by atoms with Crippen molar-refractivity contribution in [3.63, 3.8) is 0 Å². The van der Waals surface area contributed by atoms with E-state index in [-0.39, 0.29) is 18.9 Å². The third-order valence-corrected chi connectivity index (χ3v) is 2.53. The smallest absolute Gasteiger partial charge is 0.328 e. The first kappa shape index (κ1) is 17.2. The Kier molecular flexibility index (Phi) is 8.27. The zero-order chi connectivity index (χ0) is 14.8. The van der Waals surface area contributed by atoms with Crippen molar-refractivity contribution in [2.45, 2.75) is 26.3 Å². The number of aliphatic carboxylic acids is 1. The number of aliphatic hydroxyl groups is 1. The van der Waals surface area contributed by atoms with Gasteiger partial charge in [0.15, 0.2) is 6.04 Å². The minimum Gasteiger partial charge on any atom is -0.480 e. The fraction of sp³-hybridized carbons (Fsp3) is 0.727. The quantitative estimate of drug-likeness (QED) is 0.452. The number of carbonyl (C=O) groups excluding carboxylic acids is 2. The molecule has 8 nitrogen and oxygen atoms in total. The summed E-state index contributed by atoms with van der Waals surface area (Å²) in [5.74, 6) is -1.40. The van der Waals surface area contributed by atoms with Crippen molar-refractivity contribution in [1.29, 1.82) is 0 Å². The molecule has 0 unspecified atom stereocenters. The summed E-state index contributed by atoms with van der Waals surface area (Å²) in [4.78, 5) is 35.1. The summed E-state index contributed by atoms with van der Waals surface area (Å²) in [6.45, 7) is 4.35. The highest BCUT2D eigenvalue weighted by molar-refractivity contribution is 5.83. The molecule has 0 spiro atoms. The summed E-state index contributed by atoms with van der Waals surface area (Å²) in [5, 5.41) is 21.8. The zero-order valence-corrected chi connectivity index (χ0v) is 11.2. The number of amides is 3. The van der Waals surface area contributed by atoms with Crippen LogP contribution >= 0.6 is 0 Å². The van der Waals surface area contributed by atoms with Gasteiger partial charge in [0.25, 0.3) is 0 Å². The lowest BCUT2D eigenvalue weighted by atomic mass is 10.3. The molecule has 0 aromatic rings. The van der Waals surface area contributed by atoms with Crippen LogP contribution in [-0.4, -0.2) is 65.3 Å². The zero-order valence-electron chi connectivity index (χ0n) is 11.2. The second kappa shape index (κ2) is 9.15. The van der Waals surface area contributed by atoms with Crippen LogP contribution < -0.4 is 10.6 Å². The van der Waals surface area contributed by atoms with E-state index in [1.54, 1.807) is 4.90 Å². The molecule has 0 aromatic heterocycles. The van der Waals surface area contributed by atoms with Crippen LogP contribution in [0.15, 0.2) is 0 Å². The van der Waals surface area contributed by atoms with Gasteiger partial charge in [0.1, 0.15) is 0 Å². The molecule has 0 bridgehead atoms. The molecule has 110 valence electrons. The van der Waals surface area contributed by atoms with Crippen molar-refractivity contribution in [2.24, 2.45) is 0 Å². The van der Waals surface area contributed by atoms with E-state index in [0.717, 1.165) is 0 Å². The first-order valence-electron chi connectivity index (χ1n) is 6.12. The highest BCUT2D eigenvalue weighted by Crippen LogP contribution is 1.92. The van der Waals surface area contributed by atoms with E-state index in [9.17, 15) is 14.4 Å². The maximum absolute atomic E-state index is 11.6. The number of carbonyl (C=O) groups is 3. The van der Waals surface area contributed by atoms with Gasteiger partial charge in [-0.05, 0) is 13.8 Å². The van der Waals surface area contributed by atoms with Crippen molar-refractivity contribution in [3.05, 3.63) is 0 Å². The molecule has 0 aliphatic heterocycles. The van der Waals surface area contributed by atoms with E-state index in [4.69, 9.17) is 10.2 Å². The lowest BCUT2D eigenvalue weighted by molar-refractivity contribution is -0.140. The molecule has 0 saturated carbocycles. The second-order valence-electron chi connectivity index (χ2n) is 3.79. The number of urea groups is 1. The van der Waals surface area contributed by atoms with Crippen LogP contribution in [0.5, 0.6) is 0 Å². The van der Waals surface area contributed by atoms with Gasteiger partial charge in [-0.3, -0.25) is 4.79 Å². The monoisotopic (exact) mass is 275 g/mol. The van der Waals surface area contributed by atoms with Gasteiger partial charge in [-0.25, -0.2) is 9.59 Å². The first-order chi connectivity index (χ1) is 8.96. The lowest BCUT2D eigenvalue weighted by Gasteiger charge is -2.18. The second-order valence-corrected chi connectivity index (χ2v) is 3.79. The predicted octanol–water partition coefficient (Wildman–Crippen LogP) is -1.01. The highest BCUT2D eigenvalue weighted by Gasteiger charge is 2.18. The van der Waals surface area contributed by atoms with Crippen LogP contribution in [0, 0.1) is 0 Å². The fourth-order valence-corrected chi connectivity index (χ4v) is 1.41. The van der Waals surface area contributed by atoms with Crippen molar-refractivity contribution >= 4 is 17.9 Å². The van der Waals surface area contributed by atoms with Gasteiger partial charge in [0, 0.05) is 26.1 Å². The lowest BCUT2D eigenvalue weighted by Crippen LogP contribution is -2.48. The Bertz CT molecular complexity index is 317. The molecule has 0 saturated heterocycles. The number of hydrogen-bond acceptors (Lipinski definition) is 4. The van der Waals surface area contributed by atoms with Crippen LogP contribution in [0.3, 0.4) is 0 Å². The molecule has 0 aliphatic carbocycles. The molecule has 0 heterocycles. The number of aliphatic hydroxyl groups excluding tert-OH is 1.